The highest BCUT2D eigenvalue weighted by molar-refractivity contribution is 5.94. The first kappa shape index (κ1) is 35.0. The van der Waals surface area contributed by atoms with Crippen LogP contribution in [0.5, 0.6) is 0 Å². The van der Waals surface area contributed by atoms with Crippen molar-refractivity contribution in [3.05, 3.63) is 71.9 Å². The Morgan fingerprint density at radius 2 is 1.39 bits per heavy atom. The van der Waals surface area contributed by atoms with E-state index < -0.39 is 60.2 Å². The van der Waals surface area contributed by atoms with Crippen LogP contribution in [0.1, 0.15) is 36.8 Å². The zero-order valence-corrected chi connectivity index (χ0v) is 25.1. The van der Waals surface area contributed by atoms with E-state index in [-0.39, 0.29) is 44.6 Å². The number of rotatable bonds is 18. The van der Waals surface area contributed by atoms with Crippen LogP contribution in [0.4, 0.5) is 0 Å². The van der Waals surface area contributed by atoms with Gasteiger partial charge in [-0.25, -0.2) is 4.79 Å². The van der Waals surface area contributed by atoms with Crippen LogP contribution in [0.2, 0.25) is 0 Å². The lowest BCUT2D eigenvalue weighted by atomic mass is 10.0. The molecule has 15 heteroatoms. The topological polar surface area (TPSA) is 268 Å². The normalized spacial score (nSPS) is 13.5. The van der Waals surface area contributed by atoms with Crippen molar-refractivity contribution in [3.63, 3.8) is 0 Å². The van der Waals surface area contributed by atoms with Crippen LogP contribution in [0.15, 0.2) is 65.8 Å². The summed E-state index contributed by atoms with van der Waals surface area (Å²) in [5.74, 6) is -5.01. The number of guanidine groups is 1. The summed E-state index contributed by atoms with van der Waals surface area (Å²) in [6.07, 6.45) is 1.25. The summed E-state index contributed by atoms with van der Waals surface area (Å²) >= 11 is 0. The Morgan fingerprint density at radius 1 is 0.783 bits per heavy atom. The first-order chi connectivity index (χ1) is 21.9. The van der Waals surface area contributed by atoms with Crippen molar-refractivity contribution >= 4 is 46.5 Å². The zero-order valence-electron chi connectivity index (χ0n) is 25.1. The number of aromatic amines is 1. The average molecular weight is 637 g/mol. The van der Waals surface area contributed by atoms with Crippen molar-refractivity contribution < 1.29 is 34.2 Å². The Kier molecular flexibility index (Phi) is 13.1. The highest BCUT2D eigenvalue weighted by atomic mass is 16.4. The van der Waals surface area contributed by atoms with E-state index in [1.165, 1.54) is 0 Å². The molecule has 0 saturated heterocycles. The van der Waals surface area contributed by atoms with Gasteiger partial charge in [-0.15, -0.1) is 0 Å². The number of hydrogen-bond donors (Lipinski definition) is 9. The number of H-pyrrole nitrogens is 1. The first-order valence-corrected chi connectivity index (χ1v) is 14.7. The van der Waals surface area contributed by atoms with Crippen LogP contribution in [-0.2, 0) is 36.8 Å². The van der Waals surface area contributed by atoms with Crippen LogP contribution in [0.3, 0.4) is 0 Å². The maximum atomic E-state index is 13.5. The third kappa shape index (κ3) is 10.9. The zero-order chi connectivity index (χ0) is 33.6. The number of nitrogens with one attached hydrogen (secondary N) is 4. The van der Waals surface area contributed by atoms with Crippen LogP contribution < -0.4 is 33.2 Å². The fourth-order valence-electron chi connectivity index (χ4n) is 4.81. The minimum atomic E-state index is -1.43. The van der Waals surface area contributed by atoms with Crippen LogP contribution >= 0.6 is 0 Å². The van der Waals surface area contributed by atoms with Gasteiger partial charge < -0.3 is 48.3 Å². The number of aromatic nitrogens is 1. The molecule has 2 aromatic carbocycles. The molecule has 3 amide bonds. The molecule has 0 aliphatic carbocycles. The van der Waals surface area contributed by atoms with Gasteiger partial charge in [0.05, 0.1) is 6.04 Å². The highest BCUT2D eigenvalue weighted by Crippen LogP contribution is 2.19. The molecule has 0 aliphatic heterocycles. The lowest BCUT2D eigenvalue weighted by Crippen LogP contribution is -2.57. The second kappa shape index (κ2) is 17.2. The van der Waals surface area contributed by atoms with Crippen molar-refractivity contribution in [3.8, 4) is 0 Å². The standard InChI is InChI=1S/C31H40N8O7/c32-21(15-18-7-2-1-3-8-18)27(42)37-23(11-6-14-35-31(33)34)28(43)38-24(12-13-26(40)41)29(44)39-25(30(45)46)16-19-17-36-22-10-5-4-9-20(19)22/h1-5,7-10,17,21,23-25,36H,6,11-16,32H2,(H,37,42)(H,38,43)(H,39,44)(H,40,41)(H,45,46)(H4,33,34,35). The molecule has 15 nitrogen and oxygen atoms in total. The summed E-state index contributed by atoms with van der Waals surface area (Å²) in [7, 11) is 0. The van der Waals surface area contributed by atoms with Crippen molar-refractivity contribution in [2.75, 3.05) is 6.54 Å². The van der Waals surface area contributed by atoms with E-state index in [1.54, 1.807) is 36.5 Å². The van der Waals surface area contributed by atoms with Crippen molar-refractivity contribution in [2.45, 2.75) is 62.7 Å². The van der Waals surface area contributed by atoms with Crippen LogP contribution in [0.25, 0.3) is 10.9 Å². The molecule has 12 N–H and O–H groups in total. The lowest BCUT2D eigenvalue weighted by molar-refractivity contribution is -0.143. The van der Waals surface area contributed by atoms with Crippen LogP contribution in [0, 0.1) is 0 Å². The molecule has 0 fully saturated rings. The summed E-state index contributed by atoms with van der Waals surface area (Å²) < 4.78 is 0. The van der Waals surface area contributed by atoms with Gasteiger partial charge in [-0.05, 0) is 42.9 Å². The SMILES string of the molecule is NC(N)=NCCCC(NC(=O)C(N)Cc1ccccc1)C(=O)NC(CCC(=O)O)C(=O)NC(Cc1c[nH]c2ccccc12)C(=O)O. The van der Waals surface area contributed by atoms with Gasteiger partial charge in [-0.3, -0.25) is 24.2 Å². The fourth-order valence-corrected chi connectivity index (χ4v) is 4.81. The minimum absolute atomic E-state index is 0.0536. The molecule has 3 aromatic rings. The molecule has 0 bridgehead atoms. The van der Waals surface area contributed by atoms with Gasteiger partial charge in [0.1, 0.15) is 18.1 Å². The maximum Gasteiger partial charge on any atom is 0.326 e. The number of carbonyl (C=O) groups excluding carboxylic acids is 3. The number of nitrogens with zero attached hydrogens (tertiary/aromatic N) is 1. The lowest BCUT2D eigenvalue weighted by Gasteiger charge is -2.25. The van der Waals surface area contributed by atoms with Gasteiger partial charge in [0.2, 0.25) is 17.7 Å². The number of fused-ring (bicyclic) bond motifs is 1. The van der Waals surface area contributed by atoms with Gasteiger partial charge in [-0.2, -0.15) is 0 Å². The number of aliphatic carboxylic acids is 2. The number of benzene rings is 2. The van der Waals surface area contributed by atoms with E-state index in [2.05, 4.69) is 25.9 Å². The Bertz CT molecular complexity index is 1540. The molecule has 1 aromatic heterocycles. The predicted octanol–water partition coefficient (Wildman–Crippen LogP) is -0.262. The smallest absolute Gasteiger partial charge is 0.326 e. The summed E-state index contributed by atoms with van der Waals surface area (Å²) in [5.41, 5.74) is 19.1. The quantitative estimate of drug-likeness (QED) is 0.0501. The monoisotopic (exact) mass is 636 g/mol. The van der Waals surface area contributed by atoms with Crippen LogP contribution in [-0.4, -0.2) is 81.5 Å². The molecule has 4 atom stereocenters. The molecule has 1 heterocycles. The number of para-hydroxylation sites is 1. The molecule has 3 rings (SSSR count). The summed E-state index contributed by atoms with van der Waals surface area (Å²) in [4.78, 5) is 70.2. The molecule has 4 unspecified atom stereocenters. The number of nitrogens with two attached hydrogens (primary N) is 3. The fraction of sp³-hybridized carbons (Fsp3) is 0.355. The van der Waals surface area contributed by atoms with Crippen molar-refractivity contribution in [1.29, 1.82) is 0 Å². The predicted molar refractivity (Wildman–Crippen MR) is 170 cm³/mol. The molecule has 246 valence electrons. The minimum Gasteiger partial charge on any atom is -0.481 e. The number of amides is 3. The highest BCUT2D eigenvalue weighted by Gasteiger charge is 2.31. The molecular formula is C31H40N8O7. The van der Waals surface area contributed by atoms with E-state index in [9.17, 15) is 34.2 Å². The van der Waals surface area contributed by atoms with Gasteiger partial charge in [0.15, 0.2) is 5.96 Å². The van der Waals surface area contributed by atoms with Gasteiger partial charge >= 0.3 is 11.9 Å². The Hall–Kier alpha value is -5.44. The van der Waals surface area contributed by atoms with Gasteiger partial charge in [0.25, 0.3) is 0 Å². The average Bonchev–Trinajstić information content (AvgIpc) is 3.42. The second-order valence-corrected chi connectivity index (χ2v) is 10.8. The summed E-state index contributed by atoms with van der Waals surface area (Å²) in [6, 6.07) is 11.3. The third-order valence-corrected chi connectivity index (χ3v) is 7.21. The number of hydrogen-bond acceptors (Lipinski definition) is 7. The summed E-state index contributed by atoms with van der Waals surface area (Å²) in [6.45, 7) is 0.148. The number of aliphatic imine (C=N–C) groups is 1. The first-order valence-electron chi connectivity index (χ1n) is 14.7. The van der Waals surface area contributed by atoms with Crippen molar-refractivity contribution in [1.82, 2.24) is 20.9 Å². The largest absolute Gasteiger partial charge is 0.481 e. The maximum absolute atomic E-state index is 13.5. The summed E-state index contributed by atoms with van der Waals surface area (Å²) in [5, 5.41) is 27.5. The van der Waals surface area contributed by atoms with E-state index >= 15 is 0 Å². The van der Waals surface area contributed by atoms with E-state index in [4.69, 9.17) is 17.2 Å². The molecule has 0 aliphatic rings. The Balaban J connectivity index is 1.75. The van der Waals surface area contributed by atoms with Gasteiger partial charge in [0, 0.05) is 36.5 Å². The van der Waals surface area contributed by atoms with Crippen molar-refractivity contribution in [2.24, 2.45) is 22.2 Å². The third-order valence-electron chi connectivity index (χ3n) is 7.21. The number of carboxylic acids is 2. The molecule has 0 saturated carbocycles. The van der Waals surface area contributed by atoms with Gasteiger partial charge in [-0.1, -0.05) is 48.5 Å². The Labute approximate surface area is 265 Å². The molecule has 0 spiro atoms. The van der Waals surface area contributed by atoms with E-state index in [1.807, 2.05) is 24.3 Å². The second-order valence-electron chi connectivity index (χ2n) is 10.8. The molecular weight excluding hydrogens is 596 g/mol. The number of carbonyl (C=O) groups is 5. The Morgan fingerprint density at radius 3 is 2.04 bits per heavy atom. The van der Waals surface area contributed by atoms with E-state index in [0.717, 1.165) is 16.5 Å². The molecule has 0 radical (unpaired) electrons. The number of carboxylic acid groups (broad SMARTS) is 2. The molecule has 46 heavy (non-hydrogen) atoms. The van der Waals surface area contributed by atoms with E-state index in [0.29, 0.717) is 5.56 Å².